The van der Waals surface area contributed by atoms with Crippen LogP contribution in [0.25, 0.3) is 11.0 Å². The predicted molar refractivity (Wildman–Crippen MR) is 102 cm³/mol. The Morgan fingerprint density at radius 3 is 2.92 bits per heavy atom. The number of nitrogens with zero attached hydrogens (tertiary/aromatic N) is 2. The van der Waals surface area contributed by atoms with Crippen molar-refractivity contribution in [3.63, 3.8) is 0 Å². The Kier molecular flexibility index (Phi) is 5.46. The van der Waals surface area contributed by atoms with Crippen LogP contribution in [0, 0.1) is 0 Å². The molecule has 5 heteroatoms. The quantitative estimate of drug-likeness (QED) is 0.623. The second kappa shape index (κ2) is 7.94. The lowest BCUT2D eigenvalue weighted by molar-refractivity contribution is -0.112. The van der Waals surface area contributed by atoms with Gasteiger partial charge in [0.15, 0.2) is 0 Å². The molecule has 1 saturated heterocycles. The molecule has 130 valence electrons. The van der Waals surface area contributed by atoms with Gasteiger partial charge < -0.3 is 10.3 Å². The van der Waals surface area contributed by atoms with E-state index < -0.39 is 0 Å². The highest BCUT2D eigenvalue weighted by molar-refractivity contribution is 6.06. The molecule has 1 amide bonds. The number of H-pyrrole nitrogens is 1. The normalized spacial score (nSPS) is 16.0. The molecule has 0 radical (unpaired) electrons. The summed E-state index contributed by atoms with van der Waals surface area (Å²) < 4.78 is 0. The number of imidazole rings is 1. The SMILES string of the molecule is C=C/C(=C\C=C/C)C(=O)Nc1ccc2nc(CN3CCCC3)[nH]c2c1. The molecule has 0 bridgehead atoms. The van der Waals surface area contributed by atoms with Gasteiger partial charge in [0.25, 0.3) is 5.91 Å². The maximum Gasteiger partial charge on any atom is 0.255 e. The van der Waals surface area contributed by atoms with Crippen LogP contribution < -0.4 is 5.32 Å². The monoisotopic (exact) mass is 336 g/mol. The van der Waals surface area contributed by atoms with E-state index in [0.717, 1.165) is 42.2 Å². The number of amides is 1. The number of carbonyl (C=O) groups excluding carboxylic acids is 1. The number of fused-ring (bicyclic) bond motifs is 1. The first-order valence-corrected chi connectivity index (χ1v) is 8.67. The van der Waals surface area contributed by atoms with Gasteiger partial charge in [0, 0.05) is 11.3 Å². The van der Waals surface area contributed by atoms with E-state index in [9.17, 15) is 4.79 Å². The molecule has 0 unspecified atom stereocenters. The van der Waals surface area contributed by atoms with E-state index in [1.54, 1.807) is 12.2 Å². The number of anilines is 1. The average Bonchev–Trinajstić information content (AvgIpc) is 3.24. The molecule has 5 nitrogen and oxygen atoms in total. The van der Waals surface area contributed by atoms with Crippen LogP contribution in [0.15, 0.2) is 54.7 Å². The molecule has 1 aromatic carbocycles. The average molecular weight is 336 g/mol. The van der Waals surface area contributed by atoms with Gasteiger partial charge in [0.1, 0.15) is 5.82 Å². The summed E-state index contributed by atoms with van der Waals surface area (Å²) in [4.78, 5) is 22.7. The summed E-state index contributed by atoms with van der Waals surface area (Å²) in [6, 6.07) is 5.72. The van der Waals surface area contributed by atoms with Crippen LogP contribution in [0.2, 0.25) is 0 Å². The van der Waals surface area contributed by atoms with Crippen molar-refractivity contribution in [1.82, 2.24) is 14.9 Å². The van der Waals surface area contributed by atoms with Crippen LogP contribution in [0.1, 0.15) is 25.6 Å². The maximum absolute atomic E-state index is 12.3. The minimum absolute atomic E-state index is 0.177. The number of rotatable bonds is 6. The standard InChI is InChI=1S/C20H24N4O/c1-3-5-8-15(4-2)20(25)21-16-9-10-17-18(13-16)23-19(22-17)14-24-11-6-7-12-24/h3-5,8-10,13H,2,6-7,11-12,14H2,1H3,(H,21,25)(H,22,23)/b5-3-,15-8+. The molecule has 1 aromatic heterocycles. The maximum atomic E-state index is 12.3. The Morgan fingerprint density at radius 1 is 1.40 bits per heavy atom. The molecule has 0 aliphatic carbocycles. The van der Waals surface area contributed by atoms with E-state index in [2.05, 4.69) is 26.8 Å². The Balaban J connectivity index is 1.74. The van der Waals surface area contributed by atoms with Crippen molar-refractivity contribution in [2.24, 2.45) is 0 Å². The molecule has 1 aliphatic heterocycles. The van der Waals surface area contributed by atoms with E-state index in [1.165, 1.54) is 12.8 Å². The van der Waals surface area contributed by atoms with Crippen molar-refractivity contribution >= 4 is 22.6 Å². The van der Waals surface area contributed by atoms with Gasteiger partial charge in [-0.2, -0.15) is 0 Å². The van der Waals surface area contributed by atoms with Crippen molar-refractivity contribution in [1.29, 1.82) is 0 Å². The molecule has 3 rings (SSSR count). The second-order valence-corrected chi connectivity index (χ2v) is 6.20. The van der Waals surface area contributed by atoms with Gasteiger partial charge in [-0.05, 0) is 57.1 Å². The summed E-state index contributed by atoms with van der Waals surface area (Å²) in [5, 5.41) is 2.91. The number of hydrogen-bond acceptors (Lipinski definition) is 3. The molecule has 2 heterocycles. The van der Waals surface area contributed by atoms with Crippen molar-refractivity contribution < 1.29 is 4.79 Å². The van der Waals surface area contributed by atoms with E-state index in [-0.39, 0.29) is 5.91 Å². The van der Waals surface area contributed by atoms with E-state index >= 15 is 0 Å². The van der Waals surface area contributed by atoms with E-state index in [4.69, 9.17) is 0 Å². The van der Waals surface area contributed by atoms with Crippen molar-refractivity contribution in [2.45, 2.75) is 26.3 Å². The van der Waals surface area contributed by atoms with Crippen LogP contribution in [0.5, 0.6) is 0 Å². The summed E-state index contributed by atoms with van der Waals surface area (Å²) in [5.41, 5.74) is 3.12. The number of allylic oxidation sites excluding steroid dienone is 3. The Labute approximate surface area is 148 Å². The molecule has 0 spiro atoms. The van der Waals surface area contributed by atoms with Crippen LogP contribution in [-0.4, -0.2) is 33.9 Å². The van der Waals surface area contributed by atoms with Gasteiger partial charge in [-0.15, -0.1) is 0 Å². The van der Waals surface area contributed by atoms with Gasteiger partial charge in [-0.1, -0.05) is 24.8 Å². The van der Waals surface area contributed by atoms with Crippen LogP contribution >= 0.6 is 0 Å². The lowest BCUT2D eigenvalue weighted by Crippen LogP contribution is -2.19. The van der Waals surface area contributed by atoms with Crippen LogP contribution in [-0.2, 0) is 11.3 Å². The number of likely N-dealkylation sites (tertiary alicyclic amines) is 1. The third-order valence-corrected chi connectivity index (χ3v) is 4.31. The van der Waals surface area contributed by atoms with Crippen molar-refractivity contribution in [2.75, 3.05) is 18.4 Å². The predicted octanol–water partition coefficient (Wildman–Crippen LogP) is 3.79. The highest BCUT2D eigenvalue weighted by Crippen LogP contribution is 2.19. The molecule has 2 N–H and O–H groups in total. The fourth-order valence-electron chi connectivity index (χ4n) is 3.01. The van der Waals surface area contributed by atoms with Crippen molar-refractivity contribution in [3.05, 3.63) is 60.5 Å². The molecule has 0 atom stereocenters. The molecule has 25 heavy (non-hydrogen) atoms. The van der Waals surface area contributed by atoms with Crippen LogP contribution in [0.4, 0.5) is 5.69 Å². The van der Waals surface area contributed by atoms with Crippen LogP contribution in [0.3, 0.4) is 0 Å². The number of aromatic nitrogens is 2. The fourth-order valence-corrected chi connectivity index (χ4v) is 3.01. The summed E-state index contributed by atoms with van der Waals surface area (Å²) >= 11 is 0. The van der Waals surface area contributed by atoms with Gasteiger partial charge in [0.05, 0.1) is 17.6 Å². The summed E-state index contributed by atoms with van der Waals surface area (Å²) in [6.07, 6.45) is 9.52. The lowest BCUT2D eigenvalue weighted by Gasteiger charge is -2.11. The number of nitrogens with one attached hydrogen (secondary N) is 2. The topological polar surface area (TPSA) is 61.0 Å². The third-order valence-electron chi connectivity index (χ3n) is 4.31. The Hall–Kier alpha value is -2.66. The van der Waals surface area contributed by atoms with E-state index in [0.29, 0.717) is 5.57 Å². The first kappa shape index (κ1) is 17.2. The Morgan fingerprint density at radius 2 is 2.20 bits per heavy atom. The molecule has 0 saturated carbocycles. The lowest BCUT2D eigenvalue weighted by atomic mass is 10.2. The van der Waals surface area contributed by atoms with Gasteiger partial charge in [-0.3, -0.25) is 9.69 Å². The number of benzene rings is 1. The second-order valence-electron chi connectivity index (χ2n) is 6.20. The molecule has 2 aromatic rings. The Bertz CT molecular complexity index is 825. The van der Waals surface area contributed by atoms with Gasteiger partial charge in [0.2, 0.25) is 0 Å². The highest BCUT2D eigenvalue weighted by Gasteiger charge is 2.14. The third kappa shape index (κ3) is 4.25. The first-order valence-electron chi connectivity index (χ1n) is 8.67. The zero-order chi connectivity index (χ0) is 17.6. The molecular formula is C20H24N4O. The first-order chi connectivity index (χ1) is 12.2. The minimum atomic E-state index is -0.177. The summed E-state index contributed by atoms with van der Waals surface area (Å²) in [6.45, 7) is 8.73. The molecular weight excluding hydrogens is 312 g/mol. The summed E-state index contributed by atoms with van der Waals surface area (Å²) in [7, 11) is 0. The fraction of sp³-hybridized carbons (Fsp3) is 0.300. The smallest absolute Gasteiger partial charge is 0.255 e. The highest BCUT2D eigenvalue weighted by atomic mass is 16.1. The minimum Gasteiger partial charge on any atom is -0.341 e. The van der Waals surface area contributed by atoms with Gasteiger partial charge >= 0.3 is 0 Å². The number of aromatic amines is 1. The van der Waals surface area contributed by atoms with E-state index in [1.807, 2.05) is 37.3 Å². The largest absolute Gasteiger partial charge is 0.341 e. The summed E-state index contributed by atoms with van der Waals surface area (Å²) in [5.74, 6) is 0.796. The zero-order valence-electron chi connectivity index (χ0n) is 14.6. The zero-order valence-corrected chi connectivity index (χ0v) is 14.6. The van der Waals surface area contributed by atoms with Gasteiger partial charge in [-0.25, -0.2) is 4.98 Å². The number of hydrogen-bond donors (Lipinski definition) is 2. The van der Waals surface area contributed by atoms with Crippen molar-refractivity contribution in [3.8, 4) is 0 Å². The molecule has 1 fully saturated rings. The molecule has 1 aliphatic rings. The number of carbonyl (C=O) groups is 1.